The van der Waals surface area contributed by atoms with Crippen LogP contribution in [0.1, 0.15) is 31.4 Å². The van der Waals surface area contributed by atoms with Crippen molar-refractivity contribution in [1.29, 1.82) is 0 Å². The molecule has 0 spiro atoms. The van der Waals surface area contributed by atoms with Crippen LogP contribution in [0, 0.1) is 0 Å². The summed E-state index contributed by atoms with van der Waals surface area (Å²) in [7, 11) is 0. The zero-order valence-electron chi connectivity index (χ0n) is 14.6. The molecule has 2 aromatic rings. The number of benzene rings is 2. The average Bonchev–Trinajstić information content (AvgIpc) is 3.09. The summed E-state index contributed by atoms with van der Waals surface area (Å²) >= 11 is 0. The van der Waals surface area contributed by atoms with Crippen molar-refractivity contribution in [2.45, 2.75) is 45.2 Å². The highest BCUT2D eigenvalue weighted by Gasteiger charge is 2.35. The maximum Gasteiger partial charge on any atom is 0.236 e. The number of carbonyl (C=O) groups is 2. The minimum atomic E-state index is -0.112. The Morgan fingerprint density at radius 3 is 1.64 bits per heavy atom. The lowest BCUT2D eigenvalue weighted by molar-refractivity contribution is -0.126. The molecule has 0 bridgehead atoms. The fourth-order valence-corrected chi connectivity index (χ4v) is 4.19. The normalized spacial score (nSPS) is 21.2. The van der Waals surface area contributed by atoms with E-state index in [2.05, 4.69) is 12.1 Å². The van der Waals surface area contributed by atoms with Gasteiger partial charge in [0, 0.05) is 23.5 Å². The third-order valence-electron chi connectivity index (χ3n) is 5.25. The molecule has 0 saturated carbocycles. The average molecular weight is 334 g/mol. The Hall–Kier alpha value is -2.62. The molecule has 0 fully saturated rings. The van der Waals surface area contributed by atoms with Crippen molar-refractivity contribution < 1.29 is 9.59 Å². The fraction of sp³-hybridized carbons (Fsp3) is 0.333. The summed E-state index contributed by atoms with van der Waals surface area (Å²) in [5.41, 5.74) is 4.25. The van der Waals surface area contributed by atoms with Crippen LogP contribution in [-0.4, -0.2) is 23.9 Å². The van der Waals surface area contributed by atoms with Crippen LogP contribution in [0.25, 0.3) is 0 Å². The third-order valence-corrected chi connectivity index (χ3v) is 5.25. The molecule has 2 aliphatic rings. The number of hydrogen-bond acceptors (Lipinski definition) is 2. The zero-order chi connectivity index (χ0) is 17.6. The van der Waals surface area contributed by atoms with Crippen LogP contribution >= 0.6 is 0 Å². The minimum Gasteiger partial charge on any atom is -0.309 e. The highest BCUT2D eigenvalue weighted by atomic mass is 16.2. The maximum atomic E-state index is 12.9. The van der Waals surface area contributed by atoms with E-state index in [1.54, 1.807) is 9.80 Å². The van der Waals surface area contributed by atoms with Gasteiger partial charge in [0.2, 0.25) is 11.8 Å². The first-order valence-corrected chi connectivity index (χ1v) is 8.86. The lowest BCUT2D eigenvalue weighted by Crippen LogP contribution is -2.42. The van der Waals surface area contributed by atoms with E-state index < -0.39 is 0 Å². The Labute approximate surface area is 148 Å². The number of hydrogen-bond donors (Lipinski definition) is 0. The van der Waals surface area contributed by atoms with E-state index in [0.717, 1.165) is 24.2 Å². The number of nitrogens with zero attached hydrogens (tertiary/aromatic N) is 2. The first kappa shape index (κ1) is 15.9. The molecular weight excluding hydrogens is 312 g/mol. The van der Waals surface area contributed by atoms with Gasteiger partial charge in [0.1, 0.15) is 6.42 Å². The largest absolute Gasteiger partial charge is 0.309 e. The summed E-state index contributed by atoms with van der Waals surface area (Å²) in [5.74, 6) is -0.224. The van der Waals surface area contributed by atoms with Crippen molar-refractivity contribution in [2.75, 3.05) is 9.80 Å². The Bertz CT molecular complexity index is 776. The highest BCUT2D eigenvalue weighted by molar-refractivity contribution is 6.11. The van der Waals surface area contributed by atoms with E-state index in [9.17, 15) is 9.59 Å². The van der Waals surface area contributed by atoms with Crippen LogP contribution in [0.3, 0.4) is 0 Å². The van der Waals surface area contributed by atoms with E-state index in [-0.39, 0.29) is 30.3 Å². The minimum absolute atomic E-state index is 0.0860. The van der Waals surface area contributed by atoms with Crippen LogP contribution < -0.4 is 9.80 Å². The van der Waals surface area contributed by atoms with Crippen molar-refractivity contribution in [3.63, 3.8) is 0 Å². The van der Waals surface area contributed by atoms with Crippen molar-refractivity contribution in [1.82, 2.24) is 0 Å². The fourth-order valence-electron chi connectivity index (χ4n) is 4.19. The van der Waals surface area contributed by atoms with Crippen LogP contribution in [0.5, 0.6) is 0 Å². The summed E-state index contributed by atoms with van der Waals surface area (Å²) in [6.07, 6.45) is 1.61. The van der Waals surface area contributed by atoms with Gasteiger partial charge in [-0.25, -0.2) is 0 Å². The van der Waals surface area contributed by atoms with Crippen LogP contribution in [-0.2, 0) is 22.4 Å². The van der Waals surface area contributed by atoms with Gasteiger partial charge in [-0.1, -0.05) is 36.4 Å². The van der Waals surface area contributed by atoms with E-state index >= 15 is 0 Å². The zero-order valence-corrected chi connectivity index (χ0v) is 14.6. The van der Waals surface area contributed by atoms with Gasteiger partial charge in [0.05, 0.1) is 0 Å². The second-order valence-corrected chi connectivity index (χ2v) is 7.07. The second-order valence-electron chi connectivity index (χ2n) is 7.07. The molecule has 0 aromatic heterocycles. The molecule has 2 aromatic carbocycles. The monoisotopic (exact) mass is 334 g/mol. The smallest absolute Gasteiger partial charge is 0.236 e. The molecule has 4 rings (SSSR count). The van der Waals surface area contributed by atoms with Gasteiger partial charge < -0.3 is 9.80 Å². The Morgan fingerprint density at radius 2 is 1.20 bits per heavy atom. The molecule has 4 heteroatoms. The molecule has 0 N–H and O–H groups in total. The standard InChI is InChI=1S/C21H22N2O2/c1-14-11-16-7-3-5-9-18(16)22(14)20(24)13-21(25)23-15(2)12-17-8-4-6-10-19(17)23/h3-10,14-15H,11-13H2,1-2H3/t14-,15-/m1/s1. The van der Waals surface area contributed by atoms with Crippen molar-refractivity contribution in [3.8, 4) is 0 Å². The molecule has 2 amide bonds. The molecule has 25 heavy (non-hydrogen) atoms. The Kier molecular flexibility index (Phi) is 3.83. The molecule has 4 nitrogen and oxygen atoms in total. The maximum absolute atomic E-state index is 12.9. The SMILES string of the molecule is C[C@@H]1Cc2ccccc2N1C(=O)CC(=O)N1c2ccccc2C[C@H]1C. The molecule has 2 aliphatic heterocycles. The van der Waals surface area contributed by atoms with E-state index in [4.69, 9.17) is 0 Å². The van der Waals surface area contributed by atoms with Gasteiger partial charge in [-0.2, -0.15) is 0 Å². The quantitative estimate of drug-likeness (QED) is 0.791. The summed E-state index contributed by atoms with van der Waals surface area (Å²) in [6, 6.07) is 16.1. The summed E-state index contributed by atoms with van der Waals surface area (Å²) in [5, 5.41) is 0. The predicted octanol–water partition coefficient (Wildman–Crippen LogP) is 3.33. The number of rotatable bonds is 2. The van der Waals surface area contributed by atoms with E-state index in [1.807, 2.05) is 50.2 Å². The molecule has 0 saturated heterocycles. The van der Waals surface area contributed by atoms with Gasteiger partial charge in [-0.05, 0) is 49.9 Å². The molecular formula is C21H22N2O2. The molecule has 2 atom stereocenters. The van der Waals surface area contributed by atoms with Crippen molar-refractivity contribution >= 4 is 23.2 Å². The summed E-state index contributed by atoms with van der Waals surface area (Å²) in [4.78, 5) is 29.3. The Balaban J connectivity index is 1.55. The number of anilines is 2. The van der Waals surface area contributed by atoms with Crippen molar-refractivity contribution in [2.24, 2.45) is 0 Å². The molecule has 0 aliphatic carbocycles. The summed E-state index contributed by atoms with van der Waals surface area (Å²) in [6.45, 7) is 4.08. The molecule has 2 heterocycles. The first-order chi connectivity index (χ1) is 12.1. The predicted molar refractivity (Wildman–Crippen MR) is 98.8 cm³/mol. The molecule has 0 radical (unpaired) electrons. The van der Waals surface area contributed by atoms with Crippen molar-refractivity contribution in [3.05, 3.63) is 59.7 Å². The first-order valence-electron chi connectivity index (χ1n) is 8.86. The lowest BCUT2D eigenvalue weighted by Gasteiger charge is -2.26. The van der Waals surface area contributed by atoms with Gasteiger partial charge in [0.15, 0.2) is 0 Å². The lowest BCUT2D eigenvalue weighted by atomic mass is 10.1. The number of para-hydroxylation sites is 2. The van der Waals surface area contributed by atoms with E-state index in [0.29, 0.717) is 0 Å². The summed E-state index contributed by atoms with van der Waals surface area (Å²) < 4.78 is 0. The van der Waals surface area contributed by atoms with Crippen LogP contribution in [0.15, 0.2) is 48.5 Å². The van der Waals surface area contributed by atoms with Gasteiger partial charge >= 0.3 is 0 Å². The number of fused-ring (bicyclic) bond motifs is 2. The second kappa shape index (κ2) is 6.03. The number of carbonyl (C=O) groups excluding carboxylic acids is 2. The van der Waals surface area contributed by atoms with Gasteiger partial charge in [-0.15, -0.1) is 0 Å². The van der Waals surface area contributed by atoms with Crippen LogP contribution in [0.4, 0.5) is 11.4 Å². The number of amides is 2. The highest BCUT2D eigenvalue weighted by Crippen LogP contribution is 2.34. The molecule has 0 unspecified atom stereocenters. The van der Waals surface area contributed by atoms with E-state index in [1.165, 1.54) is 11.1 Å². The third kappa shape index (κ3) is 2.62. The van der Waals surface area contributed by atoms with Crippen LogP contribution in [0.2, 0.25) is 0 Å². The van der Waals surface area contributed by atoms with Gasteiger partial charge in [-0.3, -0.25) is 9.59 Å². The topological polar surface area (TPSA) is 40.6 Å². The molecule has 128 valence electrons. The van der Waals surface area contributed by atoms with Gasteiger partial charge in [0.25, 0.3) is 0 Å². The Morgan fingerprint density at radius 1 is 0.800 bits per heavy atom.